The third-order valence-electron chi connectivity index (χ3n) is 5.96. The largest absolute Gasteiger partial charge is 0.497 e. The number of methoxy groups -OCH3 is 1. The number of nitrogens with zero attached hydrogens (tertiary/aromatic N) is 3. The first kappa shape index (κ1) is 20.4. The summed E-state index contributed by atoms with van der Waals surface area (Å²) in [5.74, 6) is 1.41. The number of aromatic nitrogens is 2. The van der Waals surface area contributed by atoms with Crippen molar-refractivity contribution in [1.29, 1.82) is 0 Å². The summed E-state index contributed by atoms with van der Waals surface area (Å²) in [5, 5.41) is 7.24. The van der Waals surface area contributed by atoms with E-state index in [1.165, 1.54) is 31.3 Å². The average Bonchev–Trinajstić information content (AvgIpc) is 3.30. The molecule has 1 atom stereocenters. The summed E-state index contributed by atoms with van der Waals surface area (Å²) in [5.41, 5.74) is 2.36. The Morgan fingerprint density at radius 3 is 2.90 bits per heavy atom. The lowest BCUT2D eigenvalue weighted by atomic mass is 9.96. The molecule has 1 aliphatic carbocycles. The van der Waals surface area contributed by atoms with Crippen molar-refractivity contribution in [1.82, 2.24) is 15.5 Å². The second-order valence-electron chi connectivity index (χ2n) is 8.06. The summed E-state index contributed by atoms with van der Waals surface area (Å²) in [6.07, 6.45) is 10.1. The van der Waals surface area contributed by atoms with Crippen LogP contribution in [0.2, 0.25) is 0 Å². The third-order valence-corrected chi connectivity index (χ3v) is 5.96. The first-order valence-electron chi connectivity index (χ1n) is 10.9. The van der Waals surface area contributed by atoms with E-state index in [0.717, 1.165) is 43.7 Å². The van der Waals surface area contributed by atoms with Crippen molar-refractivity contribution in [3.63, 3.8) is 0 Å². The van der Waals surface area contributed by atoms with Gasteiger partial charge in [0.15, 0.2) is 0 Å². The Labute approximate surface area is 177 Å². The van der Waals surface area contributed by atoms with Gasteiger partial charge < -0.3 is 19.5 Å². The van der Waals surface area contributed by atoms with Crippen LogP contribution in [0.3, 0.4) is 0 Å². The number of hydrogen-bond acceptors (Lipinski definition) is 6. The van der Waals surface area contributed by atoms with Crippen molar-refractivity contribution in [3.05, 3.63) is 35.9 Å². The maximum atomic E-state index is 12.7. The normalized spacial score (nSPS) is 19.3. The highest BCUT2D eigenvalue weighted by molar-refractivity contribution is 5.79. The van der Waals surface area contributed by atoms with E-state index >= 15 is 0 Å². The van der Waals surface area contributed by atoms with Crippen LogP contribution in [0, 0.1) is 5.92 Å². The number of allylic oxidation sites excluding steroid dienone is 1. The van der Waals surface area contributed by atoms with Gasteiger partial charge in [-0.1, -0.05) is 16.8 Å². The summed E-state index contributed by atoms with van der Waals surface area (Å²) >= 11 is 0. The van der Waals surface area contributed by atoms with Gasteiger partial charge in [-0.15, -0.1) is 0 Å². The van der Waals surface area contributed by atoms with Crippen LogP contribution >= 0.6 is 0 Å². The highest BCUT2D eigenvalue weighted by Crippen LogP contribution is 2.26. The molecule has 30 heavy (non-hydrogen) atoms. The van der Waals surface area contributed by atoms with Gasteiger partial charge in [-0.25, -0.2) is 0 Å². The number of rotatable bonds is 7. The fourth-order valence-electron chi connectivity index (χ4n) is 4.19. The molecule has 1 fully saturated rings. The lowest BCUT2D eigenvalue weighted by molar-refractivity contribution is -0.125. The second-order valence-corrected chi connectivity index (χ2v) is 8.06. The van der Waals surface area contributed by atoms with Gasteiger partial charge in [-0.05, 0) is 69.2 Å². The van der Waals surface area contributed by atoms with E-state index in [9.17, 15) is 4.79 Å². The van der Waals surface area contributed by atoms with Gasteiger partial charge in [0.2, 0.25) is 11.7 Å². The maximum absolute atomic E-state index is 12.7. The van der Waals surface area contributed by atoms with Crippen LogP contribution in [-0.4, -0.2) is 42.8 Å². The Bertz CT molecular complexity index is 875. The molecule has 1 aromatic heterocycles. The maximum Gasteiger partial charge on any atom is 0.324 e. The zero-order chi connectivity index (χ0) is 20.8. The molecule has 2 heterocycles. The minimum atomic E-state index is -0.0459. The molecular formula is C23H30N4O3. The molecule has 0 spiro atoms. The smallest absolute Gasteiger partial charge is 0.324 e. The molecule has 1 unspecified atom stereocenters. The van der Waals surface area contributed by atoms with Gasteiger partial charge in [0.1, 0.15) is 5.75 Å². The highest BCUT2D eigenvalue weighted by atomic mass is 16.5. The Morgan fingerprint density at radius 2 is 2.13 bits per heavy atom. The van der Waals surface area contributed by atoms with Gasteiger partial charge in [-0.2, -0.15) is 4.98 Å². The lowest BCUT2D eigenvalue weighted by Gasteiger charge is -2.30. The number of carbonyl (C=O) groups excluding carboxylic acids is 1. The van der Waals surface area contributed by atoms with Gasteiger partial charge in [0.25, 0.3) is 0 Å². The molecule has 4 rings (SSSR count). The van der Waals surface area contributed by atoms with Gasteiger partial charge >= 0.3 is 6.01 Å². The van der Waals surface area contributed by atoms with E-state index in [-0.39, 0.29) is 11.8 Å². The van der Waals surface area contributed by atoms with Crippen LogP contribution < -0.4 is 15.0 Å². The van der Waals surface area contributed by atoms with Crippen LogP contribution in [0.4, 0.5) is 6.01 Å². The number of hydrogen-bond donors (Lipinski definition) is 1. The number of carbonyl (C=O) groups is 1. The van der Waals surface area contributed by atoms with E-state index < -0.39 is 0 Å². The van der Waals surface area contributed by atoms with Crippen LogP contribution in [0.15, 0.2) is 40.4 Å². The summed E-state index contributed by atoms with van der Waals surface area (Å²) in [7, 11) is 1.64. The molecule has 1 aromatic carbocycles. The number of piperidine rings is 1. The molecule has 1 aliphatic heterocycles. The summed E-state index contributed by atoms with van der Waals surface area (Å²) in [6, 6.07) is 8.03. The Balaban J connectivity index is 1.31. The highest BCUT2D eigenvalue weighted by Gasteiger charge is 2.28. The van der Waals surface area contributed by atoms with Crippen LogP contribution in [0.1, 0.15) is 44.9 Å². The SMILES string of the molecule is COc1ccc(-c2noc(N3CCCC(C(=O)NCCC4=CCCCC4)C3)n2)cc1. The molecule has 2 aliphatic rings. The van der Waals surface area contributed by atoms with Crippen molar-refractivity contribution >= 4 is 11.9 Å². The van der Waals surface area contributed by atoms with Crippen molar-refractivity contribution in [2.24, 2.45) is 5.92 Å². The van der Waals surface area contributed by atoms with Crippen LogP contribution in [0.25, 0.3) is 11.4 Å². The third kappa shape index (κ3) is 5.01. The second kappa shape index (κ2) is 9.78. The molecule has 2 aromatic rings. The molecular weight excluding hydrogens is 380 g/mol. The quantitative estimate of drug-likeness (QED) is 0.696. The van der Waals surface area contributed by atoms with Crippen LogP contribution in [0.5, 0.6) is 5.75 Å². The van der Waals surface area contributed by atoms with E-state index in [4.69, 9.17) is 9.26 Å². The summed E-state index contributed by atoms with van der Waals surface area (Å²) < 4.78 is 10.7. The van der Waals surface area contributed by atoms with Crippen molar-refractivity contribution in [2.75, 3.05) is 31.6 Å². The molecule has 1 saturated heterocycles. The molecule has 160 valence electrons. The zero-order valence-corrected chi connectivity index (χ0v) is 17.6. The number of anilines is 1. The molecule has 0 bridgehead atoms. The molecule has 1 N–H and O–H groups in total. The number of amides is 1. The number of ether oxygens (including phenoxy) is 1. The Hall–Kier alpha value is -2.83. The van der Waals surface area contributed by atoms with Crippen molar-refractivity contribution in [3.8, 4) is 17.1 Å². The predicted octanol–water partition coefficient (Wildman–Crippen LogP) is 3.97. The van der Waals surface area contributed by atoms with E-state index in [1.54, 1.807) is 7.11 Å². The van der Waals surface area contributed by atoms with Crippen molar-refractivity contribution < 1.29 is 14.1 Å². The minimum absolute atomic E-state index is 0.0459. The zero-order valence-electron chi connectivity index (χ0n) is 17.6. The standard InChI is InChI=1S/C23H30N4O3/c1-29-20-11-9-18(10-12-20)21-25-23(30-26-21)27-15-5-8-19(16-27)22(28)24-14-13-17-6-3-2-4-7-17/h6,9-12,19H,2-5,7-8,13-16H2,1H3,(H,24,28). The summed E-state index contributed by atoms with van der Waals surface area (Å²) in [6.45, 7) is 2.16. The van der Waals surface area contributed by atoms with Gasteiger partial charge in [0, 0.05) is 25.2 Å². The molecule has 1 amide bonds. The number of nitrogens with one attached hydrogen (secondary N) is 1. The van der Waals surface area contributed by atoms with E-state index in [0.29, 0.717) is 18.4 Å². The van der Waals surface area contributed by atoms with E-state index in [2.05, 4.69) is 21.5 Å². The lowest BCUT2D eigenvalue weighted by Crippen LogP contribution is -2.43. The Morgan fingerprint density at radius 1 is 1.27 bits per heavy atom. The van der Waals surface area contributed by atoms with Crippen molar-refractivity contribution in [2.45, 2.75) is 44.9 Å². The van der Waals surface area contributed by atoms with E-state index in [1.807, 2.05) is 29.2 Å². The van der Waals surface area contributed by atoms with Crippen LogP contribution in [-0.2, 0) is 4.79 Å². The van der Waals surface area contributed by atoms with Gasteiger partial charge in [-0.3, -0.25) is 4.79 Å². The first-order chi connectivity index (χ1) is 14.7. The molecule has 7 heteroatoms. The topological polar surface area (TPSA) is 80.5 Å². The monoisotopic (exact) mass is 410 g/mol. The molecule has 0 radical (unpaired) electrons. The first-order valence-corrected chi connectivity index (χ1v) is 10.9. The average molecular weight is 411 g/mol. The molecule has 0 saturated carbocycles. The number of benzene rings is 1. The minimum Gasteiger partial charge on any atom is -0.497 e. The molecule has 7 nitrogen and oxygen atoms in total. The fourth-order valence-corrected chi connectivity index (χ4v) is 4.19. The van der Waals surface area contributed by atoms with Gasteiger partial charge in [0.05, 0.1) is 13.0 Å². The summed E-state index contributed by atoms with van der Waals surface area (Å²) in [4.78, 5) is 19.2. The Kier molecular flexibility index (Phi) is 6.67. The predicted molar refractivity (Wildman–Crippen MR) is 115 cm³/mol. The fraction of sp³-hybridized carbons (Fsp3) is 0.522.